The Hall–Kier alpha value is -0.0800. The molecule has 2 nitrogen and oxygen atoms in total. The summed E-state index contributed by atoms with van der Waals surface area (Å²) in [6.45, 7) is 5.42. The first-order valence-electron chi connectivity index (χ1n) is 8.71. The van der Waals surface area contributed by atoms with E-state index >= 15 is 0 Å². The van der Waals surface area contributed by atoms with Crippen molar-refractivity contribution in [1.29, 1.82) is 0 Å². The van der Waals surface area contributed by atoms with Crippen molar-refractivity contribution < 1.29 is 4.74 Å². The number of nitrogens with one attached hydrogen (secondary N) is 1. The third-order valence-electron chi connectivity index (χ3n) is 5.03. The van der Waals surface area contributed by atoms with Gasteiger partial charge in [0.2, 0.25) is 0 Å². The highest BCUT2D eigenvalue weighted by Gasteiger charge is 2.24. The van der Waals surface area contributed by atoms with Crippen LogP contribution in [0.3, 0.4) is 0 Å². The lowest BCUT2D eigenvalue weighted by Gasteiger charge is -2.32. The number of ether oxygens (including phenoxy) is 1. The topological polar surface area (TPSA) is 21.3 Å². The van der Waals surface area contributed by atoms with E-state index in [9.17, 15) is 0 Å². The summed E-state index contributed by atoms with van der Waals surface area (Å²) in [6.07, 6.45) is 14.1. The first kappa shape index (κ1) is 15.3. The molecule has 19 heavy (non-hydrogen) atoms. The fraction of sp³-hybridized carbons (Fsp3) is 1.00. The molecule has 1 aliphatic heterocycles. The van der Waals surface area contributed by atoms with Crippen molar-refractivity contribution in [3.05, 3.63) is 0 Å². The van der Waals surface area contributed by atoms with E-state index in [-0.39, 0.29) is 0 Å². The van der Waals surface area contributed by atoms with E-state index in [1.165, 1.54) is 70.8 Å². The third-order valence-corrected chi connectivity index (χ3v) is 5.03. The Kier molecular flexibility index (Phi) is 7.23. The summed E-state index contributed by atoms with van der Waals surface area (Å²) in [5, 5.41) is 3.80. The van der Waals surface area contributed by atoms with Crippen molar-refractivity contribution >= 4 is 0 Å². The second kappa shape index (κ2) is 8.97. The van der Waals surface area contributed by atoms with Gasteiger partial charge in [-0.1, -0.05) is 39.0 Å². The molecule has 0 aromatic rings. The minimum Gasteiger partial charge on any atom is -0.381 e. The largest absolute Gasteiger partial charge is 0.381 e. The zero-order chi connectivity index (χ0) is 13.3. The van der Waals surface area contributed by atoms with Gasteiger partial charge < -0.3 is 10.1 Å². The standard InChI is InChI=1S/C17H33NO/c1-2-12-18-17(16-9-6-13-19-14-16)11-10-15-7-4-3-5-8-15/h15-18H,2-14H2,1H3. The third kappa shape index (κ3) is 5.43. The predicted molar refractivity (Wildman–Crippen MR) is 81.4 cm³/mol. The molecule has 2 heteroatoms. The Labute approximate surface area is 119 Å². The molecule has 2 fully saturated rings. The Morgan fingerprint density at radius 3 is 2.63 bits per heavy atom. The van der Waals surface area contributed by atoms with Crippen LogP contribution in [0.25, 0.3) is 0 Å². The van der Waals surface area contributed by atoms with Crippen molar-refractivity contribution in [3.63, 3.8) is 0 Å². The Bertz CT molecular complexity index is 219. The average molecular weight is 267 g/mol. The molecule has 0 amide bonds. The van der Waals surface area contributed by atoms with E-state index in [1.54, 1.807) is 0 Å². The summed E-state index contributed by atoms with van der Waals surface area (Å²) in [4.78, 5) is 0. The van der Waals surface area contributed by atoms with E-state index in [0.29, 0.717) is 6.04 Å². The second-order valence-electron chi connectivity index (χ2n) is 6.62. The molecule has 1 heterocycles. The summed E-state index contributed by atoms with van der Waals surface area (Å²) in [5.74, 6) is 1.79. The lowest BCUT2D eigenvalue weighted by molar-refractivity contribution is 0.0366. The quantitative estimate of drug-likeness (QED) is 0.748. The summed E-state index contributed by atoms with van der Waals surface area (Å²) in [5.41, 5.74) is 0. The van der Waals surface area contributed by atoms with E-state index in [2.05, 4.69) is 12.2 Å². The molecule has 0 aromatic heterocycles. The normalized spacial score (nSPS) is 27.3. The molecule has 2 aliphatic rings. The number of hydrogen-bond acceptors (Lipinski definition) is 2. The highest BCUT2D eigenvalue weighted by Crippen LogP contribution is 2.29. The first-order valence-corrected chi connectivity index (χ1v) is 8.71. The molecule has 0 aromatic carbocycles. The zero-order valence-corrected chi connectivity index (χ0v) is 12.8. The van der Waals surface area contributed by atoms with Gasteiger partial charge in [0.25, 0.3) is 0 Å². The lowest BCUT2D eigenvalue weighted by Crippen LogP contribution is -2.41. The van der Waals surface area contributed by atoms with E-state index in [4.69, 9.17) is 4.74 Å². The first-order chi connectivity index (χ1) is 9.40. The molecule has 2 atom stereocenters. The fourth-order valence-corrected chi connectivity index (χ4v) is 3.81. The van der Waals surface area contributed by atoms with Crippen LogP contribution in [0.5, 0.6) is 0 Å². The minimum absolute atomic E-state index is 0.710. The van der Waals surface area contributed by atoms with Crippen LogP contribution in [0.4, 0.5) is 0 Å². The van der Waals surface area contributed by atoms with Crippen LogP contribution in [0.1, 0.15) is 71.1 Å². The number of hydrogen-bond donors (Lipinski definition) is 1. The van der Waals surface area contributed by atoms with Crippen LogP contribution in [-0.4, -0.2) is 25.8 Å². The highest BCUT2D eigenvalue weighted by atomic mass is 16.5. The van der Waals surface area contributed by atoms with Crippen LogP contribution in [-0.2, 0) is 4.74 Å². The summed E-state index contributed by atoms with van der Waals surface area (Å²) < 4.78 is 5.69. The Morgan fingerprint density at radius 1 is 1.11 bits per heavy atom. The average Bonchev–Trinajstić information content (AvgIpc) is 2.49. The van der Waals surface area contributed by atoms with Gasteiger partial charge in [-0.05, 0) is 50.5 Å². The molecule has 2 unspecified atom stereocenters. The monoisotopic (exact) mass is 267 g/mol. The molecule has 1 saturated carbocycles. The van der Waals surface area contributed by atoms with E-state index in [0.717, 1.165) is 25.0 Å². The van der Waals surface area contributed by atoms with Gasteiger partial charge in [0.15, 0.2) is 0 Å². The molecule has 1 N–H and O–H groups in total. The van der Waals surface area contributed by atoms with Gasteiger partial charge in [0, 0.05) is 12.6 Å². The summed E-state index contributed by atoms with van der Waals surface area (Å²) in [7, 11) is 0. The molecule has 112 valence electrons. The van der Waals surface area contributed by atoms with Crippen molar-refractivity contribution in [1.82, 2.24) is 5.32 Å². The van der Waals surface area contributed by atoms with Crippen LogP contribution in [0, 0.1) is 11.8 Å². The van der Waals surface area contributed by atoms with Crippen molar-refractivity contribution in [3.8, 4) is 0 Å². The number of rotatable bonds is 7. The SMILES string of the molecule is CCCNC(CCC1CCCCC1)C1CCCOC1. The van der Waals surface area contributed by atoms with Crippen molar-refractivity contribution in [2.45, 2.75) is 77.2 Å². The molecule has 1 saturated heterocycles. The fourth-order valence-electron chi connectivity index (χ4n) is 3.81. The van der Waals surface area contributed by atoms with Gasteiger partial charge in [-0.25, -0.2) is 0 Å². The lowest BCUT2D eigenvalue weighted by atomic mass is 9.82. The molecular weight excluding hydrogens is 234 g/mol. The maximum Gasteiger partial charge on any atom is 0.0509 e. The van der Waals surface area contributed by atoms with Crippen LogP contribution in [0.15, 0.2) is 0 Å². The molecule has 2 rings (SSSR count). The van der Waals surface area contributed by atoms with Gasteiger partial charge in [0.1, 0.15) is 0 Å². The van der Waals surface area contributed by atoms with Crippen LogP contribution < -0.4 is 5.32 Å². The molecule has 1 aliphatic carbocycles. The van der Waals surface area contributed by atoms with Crippen LogP contribution in [0.2, 0.25) is 0 Å². The summed E-state index contributed by atoms with van der Waals surface area (Å²) >= 11 is 0. The van der Waals surface area contributed by atoms with Gasteiger partial charge in [-0.2, -0.15) is 0 Å². The van der Waals surface area contributed by atoms with Crippen LogP contribution >= 0.6 is 0 Å². The van der Waals surface area contributed by atoms with Crippen molar-refractivity contribution in [2.24, 2.45) is 11.8 Å². The maximum absolute atomic E-state index is 5.69. The second-order valence-corrected chi connectivity index (χ2v) is 6.62. The van der Waals surface area contributed by atoms with Gasteiger partial charge in [-0.3, -0.25) is 0 Å². The smallest absolute Gasteiger partial charge is 0.0509 e. The van der Waals surface area contributed by atoms with Gasteiger partial charge >= 0.3 is 0 Å². The highest BCUT2D eigenvalue weighted by molar-refractivity contribution is 4.80. The summed E-state index contributed by atoms with van der Waals surface area (Å²) in [6, 6.07) is 0.710. The van der Waals surface area contributed by atoms with E-state index < -0.39 is 0 Å². The Balaban J connectivity index is 1.74. The molecule has 0 radical (unpaired) electrons. The Morgan fingerprint density at radius 2 is 1.95 bits per heavy atom. The van der Waals surface area contributed by atoms with Gasteiger partial charge in [-0.15, -0.1) is 0 Å². The zero-order valence-electron chi connectivity index (χ0n) is 12.8. The molecule has 0 bridgehead atoms. The van der Waals surface area contributed by atoms with Crippen molar-refractivity contribution in [2.75, 3.05) is 19.8 Å². The predicted octanol–water partition coefficient (Wildman–Crippen LogP) is 4.14. The molecular formula is C17H33NO. The maximum atomic E-state index is 5.69. The van der Waals surface area contributed by atoms with E-state index in [1.807, 2.05) is 0 Å². The van der Waals surface area contributed by atoms with Gasteiger partial charge in [0.05, 0.1) is 6.61 Å². The minimum atomic E-state index is 0.710. The molecule has 0 spiro atoms.